The lowest BCUT2D eigenvalue weighted by Crippen LogP contribution is -2.61. The van der Waals surface area contributed by atoms with Gasteiger partial charge in [0.15, 0.2) is 5.83 Å². The minimum atomic E-state index is -6.23. The van der Waals surface area contributed by atoms with Crippen molar-refractivity contribution in [1.82, 2.24) is 0 Å². The number of rotatable bonds is 6. The van der Waals surface area contributed by atoms with Crippen LogP contribution in [0.4, 0.5) is 39.5 Å². The third kappa shape index (κ3) is 4.95. The number of aliphatic hydroxyl groups is 1. The average Bonchev–Trinajstić information content (AvgIpc) is 2.51. The fourth-order valence-corrected chi connectivity index (χ4v) is 3.28. The molecule has 0 amide bonds. The Morgan fingerprint density at radius 3 is 1.73 bits per heavy atom. The van der Waals surface area contributed by atoms with Gasteiger partial charge in [-0.2, -0.15) is 35.1 Å². The molecule has 0 spiro atoms. The lowest BCUT2D eigenvalue weighted by molar-refractivity contribution is -0.385. The number of alkyl halides is 6. The van der Waals surface area contributed by atoms with Crippen LogP contribution in [0.15, 0.2) is 24.1 Å². The average molecular weight is 398 g/mol. The smallest absolute Gasteiger partial charge is 0.373 e. The summed E-state index contributed by atoms with van der Waals surface area (Å²) in [7, 11) is 0. The summed E-state index contributed by atoms with van der Waals surface area (Å²) in [5.41, 5.74) is -5.36. The van der Waals surface area contributed by atoms with Crippen molar-refractivity contribution in [3.05, 3.63) is 24.1 Å². The maximum absolute atomic E-state index is 13.2. The predicted octanol–water partition coefficient (Wildman–Crippen LogP) is 6.45. The SMILES string of the molecule is C=C(CC(CC(F)=C(F)F)C(O)(C(F)(F)F)C(F)(F)F)C1CCCCC1. The molecule has 152 valence electrons. The molecule has 1 aliphatic carbocycles. The number of hydrogen-bond acceptors (Lipinski definition) is 1. The van der Waals surface area contributed by atoms with Crippen LogP contribution in [0.2, 0.25) is 0 Å². The van der Waals surface area contributed by atoms with Crippen LogP contribution in [0.1, 0.15) is 44.9 Å². The monoisotopic (exact) mass is 398 g/mol. The standard InChI is InChI=1S/C16H19F9O/c1-9(10-5-3-2-4-6-10)7-11(8-12(17)13(18)19)14(26,15(20,21)22)16(23,24)25/h10-11,26H,1-8H2. The summed E-state index contributed by atoms with van der Waals surface area (Å²) in [6, 6.07) is 0. The molecule has 1 fully saturated rings. The minimum absolute atomic E-state index is 0.0336. The maximum Gasteiger partial charge on any atom is 0.426 e. The first kappa shape index (κ1) is 22.9. The van der Waals surface area contributed by atoms with E-state index in [2.05, 4.69) is 6.58 Å². The Kier molecular flexibility index (Phi) is 7.23. The molecule has 1 N–H and O–H groups in total. The van der Waals surface area contributed by atoms with Gasteiger partial charge in [0.1, 0.15) is 0 Å². The van der Waals surface area contributed by atoms with Gasteiger partial charge >= 0.3 is 18.4 Å². The van der Waals surface area contributed by atoms with E-state index in [1.54, 1.807) is 0 Å². The molecule has 0 aromatic rings. The molecule has 0 aromatic heterocycles. The van der Waals surface area contributed by atoms with Gasteiger partial charge in [0.25, 0.3) is 5.60 Å². The predicted molar refractivity (Wildman–Crippen MR) is 75.8 cm³/mol. The molecule has 1 saturated carbocycles. The van der Waals surface area contributed by atoms with E-state index in [-0.39, 0.29) is 11.5 Å². The van der Waals surface area contributed by atoms with Gasteiger partial charge in [-0.05, 0) is 25.2 Å². The van der Waals surface area contributed by atoms with Crippen molar-refractivity contribution in [1.29, 1.82) is 0 Å². The van der Waals surface area contributed by atoms with E-state index in [4.69, 9.17) is 0 Å². The first-order valence-electron chi connectivity index (χ1n) is 7.95. The van der Waals surface area contributed by atoms with E-state index in [0.29, 0.717) is 25.7 Å². The van der Waals surface area contributed by atoms with Gasteiger partial charge < -0.3 is 5.11 Å². The van der Waals surface area contributed by atoms with Gasteiger partial charge in [0.2, 0.25) is 0 Å². The highest BCUT2D eigenvalue weighted by Crippen LogP contribution is 2.52. The van der Waals surface area contributed by atoms with Crippen LogP contribution in [0, 0.1) is 11.8 Å². The van der Waals surface area contributed by atoms with Gasteiger partial charge in [-0.1, -0.05) is 31.4 Å². The second-order valence-electron chi connectivity index (χ2n) is 6.53. The molecule has 1 rings (SSSR count). The molecule has 0 saturated heterocycles. The molecule has 0 aromatic carbocycles. The lowest BCUT2D eigenvalue weighted by Gasteiger charge is -2.39. The van der Waals surface area contributed by atoms with Crippen LogP contribution in [0.3, 0.4) is 0 Å². The molecule has 0 bridgehead atoms. The normalized spacial score (nSPS) is 18.5. The van der Waals surface area contributed by atoms with Crippen molar-refractivity contribution in [3.8, 4) is 0 Å². The minimum Gasteiger partial charge on any atom is -0.373 e. The molecular formula is C16H19F9O. The fourth-order valence-electron chi connectivity index (χ4n) is 3.28. The lowest BCUT2D eigenvalue weighted by atomic mass is 9.74. The summed E-state index contributed by atoms with van der Waals surface area (Å²) in [6.07, 6.45) is -15.2. The second kappa shape index (κ2) is 8.22. The van der Waals surface area contributed by atoms with E-state index in [1.165, 1.54) is 0 Å². The van der Waals surface area contributed by atoms with Crippen LogP contribution in [-0.2, 0) is 0 Å². The van der Waals surface area contributed by atoms with Gasteiger partial charge in [-0.25, -0.2) is 4.39 Å². The van der Waals surface area contributed by atoms with Crippen molar-refractivity contribution in [3.63, 3.8) is 0 Å². The Morgan fingerprint density at radius 2 is 1.35 bits per heavy atom. The third-order valence-electron chi connectivity index (χ3n) is 4.78. The zero-order chi connectivity index (χ0) is 20.3. The molecule has 0 radical (unpaired) electrons. The molecule has 1 nitrogen and oxygen atoms in total. The summed E-state index contributed by atoms with van der Waals surface area (Å²) in [4.78, 5) is 0. The molecule has 0 aliphatic heterocycles. The Morgan fingerprint density at radius 1 is 0.885 bits per heavy atom. The number of allylic oxidation sites excluding steroid dienone is 2. The van der Waals surface area contributed by atoms with Crippen molar-refractivity contribution < 1.29 is 44.6 Å². The van der Waals surface area contributed by atoms with E-state index in [1.807, 2.05) is 0 Å². The van der Waals surface area contributed by atoms with Gasteiger partial charge in [0, 0.05) is 12.3 Å². The van der Waals surface area contributed by atoms with Crippen LogP contribution < -0.4 is 0 Å². The van der Waals surface area contributed by atoms with Crippen molar-refractivity contribution in [2.45, 2.75) is 62.9 Å². The Balaban J connectivity index is 3.25. The van der Waals surface area contributed by atoms with Gasteiger partial charge in [-0.15, -0.1) is 0 Å². The molecule has 10 heteroatoms. The van der Waals surface area contributed by atoms with E-state index < -0.39 is 48.6 Å². The molecule has 26 heavy (non-hydrogen) atoms. The molecular weight excluding hydrogens is 379 g/mol. The zero-order valence-corrected chi connectivity index (χ0v) is 13.7. The quantitative estimate of drug-likeness (QED) is 0.403. The largest absolute Gasteiger partial charge is 0.426 e. The van der Waals surface area contributed by atoms with Crippen LogP contribution in [-0.4, -0.2) is 23.1 Å². The molecule has 0 heterocycles. The molecule has 1 aliphatic rings. The van der Waals surface area contributed by atoms with Crippen LogP contribution in [0.5, 0.6) is 0 Å². The zero-order valence-electron chi connectivity index (χ0n) is 13.7. The van der Waals surface area contributed by atoms with E-state index >= 15 is 0 Å². The fraction of sp³-hybridized carbons (Fsp3) is 0.750. The summed E-state index contributed by atoms with van der Waals surface area (Å²) in [5.74, 6) is -5.71. The van der Waals surface area contributed by atoms with Crippen LogP contribution >= 0.6 is 0 Å². The van der Waals surface area contributed by atoms with Crippen molar-refractivity contribution in [2.24, 2.45) is 11.8 Å². The van der Waals surface area contributed by atoms with E-state index in [9.17, 15) is 44.6 Å². The topological polar surface area (TPSA) is 20.2 Å². The Labute approximate surface area is 144 Å². The third-order valence-corrected chi connectivity index (χ3v) is 4.78. The Hall–Kier alpha value is -1.19. The van der Waals surface area contributed by atoms with E-state index in [0.717, 1.165) is 6.42 Å². The first-order valence-corrected chi connectivity index (χ1v) is 7.95. The highest BCUT2D eigenvalue weighted by atomic mass is 19.4. The molecule has 1 atom stereocenters. The van der Waals surface area contributed by atoms with Crippen molar-refractivity contribution in [2.75, 3.05) is 0 Å². The summed E-state index contributed by atoms with van der Waals surface area (Å²) in [5, 5.41) is 9.50. The summed E-state index contributed by atoms with van der Waals surface area (Å²) in [6.45, 7) is 3.48. The highest BCUT2D eigenvalue weighted by molar-refractivity contribution is 5.12. The summed E-state index contributed by atoms with van der Waals surface area (Å²) < 4.78 is 116. The molecule has 1 unspecified atom stereocenters. The Bertz CT molecular complexity index is 509. The second-order valence-corrected chi connectivity index (χ2v) is 6.53. The number of hydrogen-bond donors (Lipinski definition) is 1. The van der Waals surface area contributed by atoms with Gasteiger partial charge in [-0.3, -0.25) is 0 Å². The van der Waals surface area contributed by atoms with Crippen LogP contribution in [0.25, 0.3) is 0 Å². The maximum atomic E-state index is 13.2. The van der Waals surface area contributed by atoms with Gasteiger partial charge in [0.05, 0.1) is 0 Å². The van der Waals surface area contributed by atoms with Crippen molar-refractivity contribution >= 4 is 0 Å². The number of halogens is 9. The highest BCUT2D eigenvalue weighted by Gasteiger charge is 2.73. The summed E-state index contributed by atoms with van der Waals surface area (Å²) >= 11 is 0. The first-order chi connectivity index (χ1) is 11.7.